The molecule has 4 heterocycles. The van der Waals surface area contributed by atoms with E-state index in [4.69, 9.17) is 0 Å². The zero-order chi connectivity index (χ0) is 14.8. The number of nitrogens with one attached hydrogen (secondary N) is 1. The number of carbonyl (C=O) groups is 2. The smallest absolute Gasteiger partial charge is 0.249 e. The Morgan fingerprint density at radius 3 is 2.62 bits per heavy atom. The van der Waals surface area contributed by atoms with E-state index in [1.165, 1.54) is 12.8 Å². The molecule has 0 radical (unpaired) electrons. The van der Waals surface area contributed by atoms with Crippen LogP contribution in [0, 0.1) is 17.8 Å². The standard InChI is InChI=1S/C17H26N2O2/c1-11(2)10-16-12-6-3-4-7-13(12)17(14(20)18-16)8-5-9-19(17)15(16)21/h11-13H,3-10H2,1-2H3,(H,18,20)/t12-,13+,16+,17+/m1/s1. The Hall–Kier alpha value is -1.06. The summed E-state index contributed by atoms with van der Waals surface area (Å²) in [5.74, 6) is 1.58. The zero-order valence-electron chi connectivity index (χ0n) is 13.2. The minimum atomic E-state index is -0.595. The van der Waals surface area contributed by atoms with Crippen LogP contribution in [0.25, 0.3) is 0 Å². The molecule has 0 aromatic rings. The number of fused-ring (bicyclic) bond motifs is 1. The van der Waals surface area contributed by atoms with Crippen LogP contribution in [-0.4, -0.2) is 34.3 Å². The van der Waals surface area contributed by atoms with E-state index in [2.05, 4.69) is 19.2 Å². The van der Waals surface area contributed by atoms with Gasteiger partial charge in [0.2, 0.25) is 11.8 Å². The third-order valence-corrected chi connectivity index (χ3v) is 6.52. The van der Waals surface area contributed by atoms with Crippen molar-refractivity contribution < 1.29 is 9.59 Å². The van der Waals surface area contributed by atoms with Crippen molar-refractivity contribution in [2.24, 2.45) is 17.8 Å². The van der Waals surface area contributed by atoms with Gasteiger partial charge in [0, 0.05) is 6.54 Å². The Morgan fingerprint density at radius 2 is 1.90 bits per heavy atom. The summed E-state index contributed by atoms with van der Waals surface area (Å²) in [7, 11) is 0. The Balaban J connectivity index is 1.86. The molecular formula is C17H26N2O2. The highest BCUT2D eigenvalue weighted by Crippen LogP contribution is 2.58. The molecule has 1 spiro atoms. The largest absolute Gasteiger partial charge is 0.339 e. The maximum atomic E-state index is 13.2. The van der Waals surface area contributed by atoms with Gasteiger partial charge in [0.05, 0.1) is 0 Å². The SMILES string of the molecule is CC(C)C[C@@]12NC(=O)[C@]3(CCCN3C1=O)[C@H]1CCCC[C@H]12. The molecule has 1 N–H and O–H groups in total. The number of piperidine rings is 2. The van der Waals surface area contributed by atoms with E-state index >= 15 is 0 Å². The first kappa shape index (κ1) is 13.6. The van der Waals surface area contributed by atoms with E-state index in [0.717, 1.165) is 38.6 Å². The van der Waals surface area contributed by atoms with Crippen LogP contribution >= 0.6 is 0 Å². The van der Waals surface area contributed by atoms with Crippen LogP contribution in [0.3, 0.4) is 0 Å². The number of carbonyl (C=O) groups excluding carboxylic acids is 2. The summed E-state index contributed by atoms with van der Waals surface area (Å²) in [5, 5.41) is 3.24. The monoisotopic (exact) mass is 290 g/mol. The summed E-state index contributed by atoms with van der Waals surface area (Å²) in [4.78, 5) is 28.2. The lowest BCUT2D eigenvalue weighted by Gasteiger charge is -2.64. The van der Waals surface area contributed by atoms with E-state index < -0.39 is 11.1 Å². The number of hydrogen-bond donors (Lipinski definition) is 1. The van der Waals surface area contributed by atoms with Crippen LogP contribution in [0.1, 0.15) is 58.8 Å². The second kappa shape index (κ2) is 4.23. The molecule has 4 saturated heterocycles. The van der Waals surface area contributed by atoms with E-state index in [1.807, 2.05) is 4.90 Å². The average molecular weight is 290 g/mol. The Bertz CT molecular complexity index is 503. The molecule has 5 rings (SSSR count). The van der Waals surface area contributed by atoms with Crippen molar-refractivity contribution in [2.45, 2.75) is 69.9 Å². The average Bonchev–Trinajstić information content (AvgIpc) is 2.89. The molecular weight excluding hydrogens is 264 g/mol. The molecule has 1 aliphatic carbocycles. The number of piperazine rings is 1. The van der Waals surface area contributed by atoms with Crippen molar-refractivity contribution in [1.82, 2.24) is 10.2 Å². The third-order valence-electron chi connectivity index (χ3n) is 6.52. The molecule has 4 aliphatic heterocycles. The summed E-state index contributed by atoms with van der Waals surface area (Å²) < 4.78 is 0. The number of nitrogens with zero attached hydrogens (tertiary/aromatic N) is 1. The molecule has 0 aromatic heterocycles. The molecule has 21 heavy (non-hydrogen) atoms. The highest BCUT2D eigenvalue weighted by atomic mass is 16.2. The first-order valence-electron chi connectivity index (χ1n) is 8.67. The number of amides is 2. The van der Waals surface area contributed by atoms with Gasteiger partial charge in [0.15, 0.2) is 0 Å². The quantitative estimate of drug-likeness (QED) is 0.846. The van der Waals surface area contributed by atoms with Crippen molar-refractivity contribution in [3.05, 3.63) is 0 Å². The Labute approximate surface area is 126 Å². The predicted octanol–water partition coefficient (Wildman–Crippen LogP) is 2.08. The molecule has 2 bridgehead atoms. The summed E-state index contributed by atoms with van der Waals surface area (Å²) in [6, 6.07) is 0. The van der Waals surface area contributed by atoms with Crippen LogP contribution in [0.15, 0.2) is 0 Å². The molecule has 4 nitrogen and oxygen atoms in total. The van der Waals surface area contributed by atoms with Crippen molar-refractivity contribution in [3.63, 3.8) is 0 Å². The van der Waals surface area contributed by atoms with E-state index in [-0.39, 0.29) is 11.8 Å². The second-order valence-corrected chi connectivity index (χ2v) is 8.01. The van der Waals surface area contributed by atoms with Crippen LogP contribution in [0.2, 0.25) is 0 Å². The summed E-state index contributed by atoms with van der Waals surface area (Å²) >= 11 is 0. The fourth-order valence-corrected chi connectivity index (χ4v) is 6.00. The Morgan fingerprint density at radius 1 is 1.19 bits per heavy atom. The maximum Gasteiger partial charge on any atom is 0.249 e. The van der Waals surface area contributed by atoms with E-state index in [1.54, 1.807) is 0 Å². The van der Waals surface area contributed by atoms with Gasteiger partial charge in [0.25, 0.3) is 0 Å². The highest BCUT2D eigenvalue weighted by molar-refractivity contribution is 6.05. The van der Waals surface area contributed by atoms with Gasteiger partial charge in [-0.15, -0.1) is 0 Å². The van der Waals surface area contributed by atoms with Crippen LogP contribution in [0.4, 0.5) is 0 Å². The molecule has 2 amide bonds. The van der Waals surface area contributed by atoms with Gasteiger partial charge in [-0.1, -0.05) is 26.7 Å². The first-order valence-corrected chi connectivity index (χ1v) is 8.67. The first-order chi connectivity index (χ1) is 10.0. The van der Waals surface area contributed by atoms with Gasteiger partial charge in [-0.3, -0.25) is 9.59 Å². The molecule has 0 unspecified atom stereocenters. The second-order valence-electron chi connectivity index (χ2n) is 8.01. The van der Waals surface area contributed by atoms with Crippen LogP contribution in [-0.2, 0) is 9.59 Å². The lowest BCUT2D eigenvalue weighted by molar-refractivity contribution is -0.189. The van der Waals surface area contributed by atoms with Crippen LogP contribution < -0.4 is 5.32 Å². The van der Waals surface area contributed by atoms with Gasteiger partial charge >= 0.3 is 0 Å². The minimum absolute atomic E-state index is 0.156. The predicted molar refractivity (Wildman–Crippen MR) is 79.5 cm³/mol. The molecule has 5 aliphatic rings. The number of hydrogen-bond acceptors (Lipinski definition) is 2. The fourth-order valence-electron chi connectivity index (χ4n) is 6.00. The zero-order valence-corrected chi connectivity index (χ0v) is 13.2. The van der Waals surface area contributed by atoms with E-state index in [0.29, 0.717) is 17.8 Å². The van der Waals surface area contributed by atoms with Crippen LogP contribution in [0.5, 0.6) is 0 Å². The number of rotatable bonds is 2. The van der Waals surface area contributed by atoms with Crippen molar-refractivity contribution >= 4 is 11.8 Å². The lowest BCUT2D eigenvalue weighted by atomic mass is 9.53. The summed E-state index contributed by atoms with van der Waals surface area (Å²) in [6.45, 7) is 5.11. The minimum Gasteiger partial charge on any atom is -0.339 e. The van der Waals surface area contributed by atoms with E-state index in [9.17, 15) is 9.59 Å². The molecule has 0 aromatic carbocycles. The van der Waals surface area contributed by atoms with Crippen molar-refractivity contribution in [3.8, 4) is 0 Å². The lowest BCUT2D eigenvalue weighted by Crippen LogP contribution is -2.85. The van der Waals surface area contributed by atoms with Gasteiger partial charge in [-0.2, -0.15) is 0 Å². The van der Waals surface area contributed by atoms with Gasteiger partial charge < -0.3 is 10.2 Å². The normalized spacial score (nSPS) is 44.8. The molecule has 1 saturated carbocycles. The third kappa shape index (κ3) is 1.46. The topological polar surface area (TPSA) is 49.4 Å². The summed E-state index contributed by atoms with van der Waals surface area (Å²) in [5.41, 5.74) is -1.08. The summed E-state index contributed by atoms with van der Waals surface area (Å²) in [6.07, 6.45) is 7.33. The Kier molecular flexibility index (Phi) is 2.74. The fraction of sp³-hybridized carbons (Fsp3) is 0.882. The van der Waals surface area contributed by atoms with Gasteiger partial charge in [-0.25, -0.2) is 0 Å². The highest BCUT2D eigenvalue weighted by Gasteiger charge is 2.72. The molecule has 4 atom stereocenters. The molecule has 4 heteroatoms. The van der Waals surface area contributed by atoms with Gasteiger partial charge in [-0.05, 0) is 49.9 Å². The molecule has 5 fully saturated rings. The maximum absolute atomic E-state index is 13.2. The molecule has 116 valence electrons. The van der Waals surface area contributed by atoms with Gasteiger partial charge in [0.1, 0.15) is 11.1 Å². The van der Waals surface area contributed by atoms with Crippen molar-refractivity contribution in [1.29, 1.82) is 0 Å². The van der Waals surface area contributed by atoms with Crippen molar-refractivity contribution in [2.75, 3.05) is 6.54 Å².